The molecule has 0 radical (unpaired) electrons. The largest absolute Gasteiger partial charge is 0.494 e. The molecule has 1 atom stereocenters. The van der Waals surface area contributed by atoms with E-state index in [1.54, 1.807) is 38.6 Å². The Kier molecular flexibility index (Phi) is 8.33. The van der Waals surface area contributed by atoms with Crippen LogP contribution in [0.25, 0.3) is 0 Å². The van der Waals surface area contributed by atoms with E-state index in [1.165, 1.54) is 37.1 Å². The second-order valence-electron chi connectivity index (χ2n) is 7.97. The minimum Gasteiger partial charge on any atom is -0.494 e. The Hall–Kier alpha value is -3.18. The molecule has 11 heteroatoms. The Morgan fingerprint density at radius 3 is 2.22 bits per heavy atom. The number of methoxy groups -OCH3 is 3. The number of benzene rings is 3. The number of nitrogens with zero attached hydrogens (tertiary/aromatic N) is 2. The molecule has 1 aliphatic rings. The maximum atomic E-state index is 14.5. The maximum absolute atomic E-state index is 14.5. The maximum Gasteiger partial charge on any atom is 0.165 e. The highest BCUT2D eigenvalue weighted by atomic mass is 79.9. The van der Waals surface area contributed by atoms with Crippen molar-refractivity contribution in [2.24, 2.45) is 0 Å². The normalized spacial score (nSPS) is 14.8. The van der Waals surface area contributed by atoms with E-state index >= 15 is 0 Å². The molecule has 196 valence electrons. The molecule has 1 N–H and O–H groups in total. The molecule has 3 aromatic carbocycles. The lowest BCUT2D eigenvalue weighted by molar-refractivity contribution is 0.355. The summed E-state index contributed by atoms with van der Waals surface area (Å²) in [6.45, 7) is 0. The van der Waals surface area contributed by atoms with Crippen molar-refractivity contribution >= 4 is 39.1 Å². The molecule has 0 fully saturated rings. The second-order valence-corrected chi connectivity index (χ2v) is 9.95. The second kappa shape index (κ2) is 11.5. The van der Waals surface area contributed by atoms with Gasteiger partial charge in [-0.15, -0.1) is 11.8 Å². The van der Waals surface area contributed by atoms with Crippen LogP contribution in [-0.2, 0) is 5.75 Å². The van der Waals surface area contributed by atoms with E-state index < -0.39 is 22.9 Å². The predicted molar refractivity (Wildman–Crippen MR) is 144 cm³/mol. The van der Waals surface area contributed by atoms with Gasteiger partial charge >= 0.3 is 0 Å². The minimum absolute atomic E-state index is 0.0340. The highest BCUT2D eigenvalue weighted by Gasteiger charge is 2.32. The molecule has 0 aromatic heterocycles. The molecule has 1 aliphatic heterocycles. The quantitative estimate of drug-likeness (QED) is 0.305. The average Bonchev–Trinajstić information content (AvgIpc) is 3.31. The number of nitrogens with one attached hydrogen (secondary N) is 1. The number of hydrogen-bond acceptors (Lipinski definition) is 7. The van der Waals surface area contributed by atoms with Gasteiger partial charge in [-0.2, -0.15) is 0 Å². The Morgan fingerprint density at radius 1 is 0.892 bits per heavy atom. The fraction of sp³-hybridized carbons (Fsp3) is 0.231. The first-order valence-corrected chi connectivity index (χ1v) is 12.9. The first-order chi connectivity index (χ1) is 17.8. The molecule has 0 aliphatic carbocycles. The first kappa shape index (κ1) is 26.9. The lowest BCUT2D eigenvalue weighted by Gasteiger charge is -2.33. The molecule has 1 heterocycles. The zero-order valence-corrected chi connectivity index (χ0v) is 22.9. The SMILES string of the molecule is COc1cc(N2C(N(C)c3ccc(OC)c(OC)c3)=CNC2SCc2c(F)cc(Br)cc2F)ccc1F. The molecule has 6 nitrogen and oxygen atoms in total. The highest BCUT2D eigenvalue weighted by Crippen LogP contribution is 2.39. The summed E-state index contributed by atoms with van der Waals surface area (Å²) in [4.78, 5) is 3.81. The van der Waals surface area contributed by atoms with Crippen molar-refractivity contribution in [1.82, 2.24) is 5.32 Å². The van der Waals surface area contributed by atoms with Crippen molar-refractivity contribution in [2.75, 3.05) is 38.2 Å². The van der Waals surface area contributed by atoms with E-state index in [4.69, 9.17) is 14.2 Å². The zero-order valence-electron chi connectivity index (χ0n) is 20.5. The Balaban J connectivity index is 1.68. The van der Waals surface area contributed by atoms with E-state index in [0.29, 0.717) is 27.5 Å². The zero-order chi connectivity index (χ0) is 26.7. The van der Waals surface area contributed by atoms with Gasteiger partial charge in [-0.05, 0) is 36.4 Å². The fourth-order valence-electron chi connectivity index (χ4n) is 3.90. The van der Waals surface area contributed by atoms with Crippen molar-refractivity contribution in [1.29, 1.82) is 0 Å². The number of ether oxygens (including phenoxy) is 3. The predicted octanol–water partition coefficient (Wildman–Crippen LogP) is 6.45. The van der Waals surface area contributed by atoms with Crippen LogP contribution in [0.3, 0.4) is 0 Å². The summed E-state index contributed by atoms with van der Waals surface area (Å²) in [5.74, 6) is 0.206. The van der Waals surface area contributed by atoms with Gasteiger partial charge < -0.3 is 24.4 Å². The first-order valence-electron chi connectivity index (χ1n) is 11.1. The molecule has 0 spiro atoms. The number of anilines is 2. The Bertz CT molecular complexity index is 1300. The number of halogens is 4. The molecule has 0 bridgehead atoms. The fourth-order valence-corrected chi connectivity index (χ4v) is 5.44. The molecule has 0 saturated heterocycles. The minimum atomic E-state index is -0.636. The Morgan fingerprint density at radius 2 is 1.57 bits per heavy atom. The van der Waals surface area contributed by atoms with Crippen LogP contribution in [0, 0.1) is 17.5 Å². The summed E-state index contributed by atoms with van der Waals surface area (Å²) in [6.07, 6.45) is 1.79. The van der Waals surface area contributed by atoms with Crippen molar-refractivity contribution in [2.45, 2.75) is 11.3 Å². The topological polar surface area (TPSA) is 46.2 Å². The van der Waals surface area contributed by atoms with E-state index in [9.17, 15) is 13.2 Å². The van der Waals surface area contributed by atoms with Gasteiger partial charge in [-0.25, -0.2) is 13.2 Å². The third kappa shape index (κ3) is 5.57. The lowest BCUT2D eigenvalue weighted by Crippen LogP contribution is -2.38. The standard InChI is InChI=1S/C26H25BrF3N3O3S/c1-32(16-6-8-22(34-2)24(11-16)36-4)25-13-31-26(33(25)17-5-7-19(28)23(12-17)35-3)37-14-18-20(29)9-15(27)10-21(18)30/h5-13,26,31H,14H2,1-4H3. The Labute approximate surface area is 226 Å². The summed E-state index contributed by atoms with van der Waals surface area (Å²) < 4.78 is 59.5. The van der Waals surface area contributed by atoms with E-state index in [-0.39, 0.29) is 17.1 Å². The van der Waals surface area contributed by atoms with Crippen LogP contribution in [-0.4, -0.2) is 33.9 Å². The average molecular weight is 596 g/mol. The van der Waals surface area contributed by atoms with Crippen molar-refractivity contribution in [3.8, 4) is 17.2 Å². The lowest BCUT2D eigenvalue weighted by atomic mass is 10.2. The van der Waals surface area contributed by atoms with Crippen LogP contribution in [0.1, 0.15) is 5.56 Å². The van der Waals surface area contributed by atoms with Crippen molar-refractivity contribution in [3.63, 3.8) is 0 Å². The van der Waals surface area contributed by atoms with Crippen LogP contribution in [0.15, 0.2) is 65.0 Å². The summed E-state index contributed by atoms with van der Waals surface area (Å²) in [7, 11) is 6.38. The molecule has 3 aromatic rings. The van der Waals surface area contributed by atoms with Crippen LogP contribution in [0.4, 0.5) is 24.5 Å². The smallest absolute Gasteiger partial charge is 0.165 e. The summed E-state index contributed by atoms with van der Waals surface area (Å²) in [5, 5.41) is 3.27. The van der Waals surface area contributed by atoms with Crippen LogP contribution < -0.4 is 29.3 Å². The van der Waals surface area contributed by atoms with Gasteiger partial charge in [0.25, 0.3) is 0 Å². The number of rotatable bonds is 9. The van der Waals surface area contributed by atoms with Gasteiger partial charge in [0.1, 0.15) is 17.5 Å². The molecule has 1 unspecified atom stereocenters. The van der Waals surface area contributed by atoms with Gasteiger partial charge in [-0.3, -0.25) is 4.90 Å². The number of thioether (sulfide) groups is 1. The van der Waals surface area contributed by atoms with Crippen LogP contribution in [0.2, 0.25) is 0 Å². The molecule has 0 saturated carbocycles. The van der Waals surface area contributed by atoms with Gasteiger partial charge in [-0.1, -0.05) is 15.9 Å². The van der Waals surface area contributed by atoms with E-state index in [2.05, 4.69) is 21.2 Å². The summed E-state index contributed by atoms with van der Waals surface area (Å²) in [5.41, 5.74) is 0.917. The molecule has 0 amide bonds. The van der Waals surface area contributed by atoms with Crippen molar-refractivity contribution < 1.29 is 27.4 Å². The van der Waals surface area contributed by atoms with Gasteiger partial charge in [0.2, 0.25) is 0 Å². The number of hydrogen-bond donors (Lipinski definition) is 1. The van der Waals surface area contributed by atoms with E-state index in [1.807, 2.05) is 29.0 Å². The summed E-state index contributed by atoms with van der Waals surface area (Å²) in [6, 6.07) is 12.5. The van der Waals surface area contributed by atoms with Crippen LogP contribution >= 0.6 is 27.7 Å². The van der Waals surface area contributed by atoms with Crippen LogP contribution in [0.5, 0.6) is 17.2 Å². The van der Waals surface area contributed by atoms with Gasteiger partial charge in [0, 0.05) is 52.5 Å². The van der Waals surface area contributed by atoms with Gasteiger partial charge in [0.15, 0.2) is 28.6 Å². The third-order valence-electron chi connectivity index (χ3n) is 5.84. The molecule has 37 heavy (non-hydrogen) atoms. The van der Waals surface area contributed by atoms with E-state index in [0.717, 1.165) is 5.69 Å². The monoisotopic (exact) mass is 595 g/mol. The summed E-state index contributed by atoms with van der Waals surface area (Å²) >= 11 is 4.39. The van der Waals surface area contributed by atoms with Gasteiger partial charge in [0.05, 0.1) is 21.3 Å². The molecular weight excluding hydrogens is 571 g/mol. The third-order valence-corrected chi connectivity index (χ3v) is 7.41. The highest BCUT2D eigenvalue weighted by molar-refractivity contribution is 9.10. The van der Waals surface area contributed by atoms with Crippen molar-refractivity contribution in [3.05, 3.63) is 88.0 Å². The molecule has 4 rings (SSSR count). The molecular formula is C26H25BrF3N3O3S.